The van der Waals surface area contributed by atoms with Crippen molar-refractivity contribution in [3.63, 3.8) is 0 Å². The second-order valence-corrected chi connectivity index (χ2v) is 7.38. The van der Waals surface area contributed by atoms with E-state index in [1.807, 2.05) is 38.1 Å². The van der Waals surface area contributed by atoms with Crippen molar-refractivity contribution in [1.29, 1.82) is 0 Å². The molecule has 0 saturated heterocycles. The fourth-order valence-electron chi connectivity index (χ4n) is 3.54. The largest absolute Gasteiger partial charge is 0.493 e. The van der Waals surface area contributed by atoms with Crippen LogP contribution >= 0.6 is 0 Å². The van der Waals surface area contributed by atoms with E-state index in [0.29, 0.717) is 6.42 Å². The number of methoxy groups -OCH3 is 1. The number of amides is 1. The first kappa shape index (κ1) is 23.4. The van der Waals surface area contributed by atoms with Gasteiger partial charge < -0.3 is 19.4 Å². The number of carbonyl (C=O) groups is 1. The first-order chi connectivity index (χ1) is 15.2. The Morgan fingerprint density at radius 3 is 2.62 bits per heavy atom. The molecule has 0 fully saturated rings. The molecule has 1 heterocycles. The van der Waals surface area contributed by atoms with Crippen LogP contribution in [0.3, 0.4) is 0 Å². The van der Waals surface area contributed by atoms with Gasteiger partial charge >= 0.3 is 6.18 Å². The molecule has 0 spiro atoms. The van der Waals surface area contributed by atoms with Gasteiger partial charge in [-0.25, -0.2) is 4.98 Å². The van der Waals surface area contributed by atoms with Gasteiger partial charge in [-0.3, -0.25) is 4.79 Å². The van der Waals surface area contributed by atoms with Gasteiger partial charge in [0.2, 0.25) is 5.91 Å². The molecule has 2 aromatic carbocycles. The summed E-state index contributed by atoms with van der Waals surface area (Å²) in [5.74, 6) is 0.834. The summed E-state index contributed by atoms with van der Waals surface area (Å²) in [7, 11) is 1.35. The molecule has 1 amide bonds. The molecule has 6 nitrogen and oxygen atoms in total. The standard InChI is InChI=1S/C23H26F3N3O3/c1-4-29-18-8-6-5-7-17(18)28-22(29)15(2)27-21(30)12-10-16-9-11-19(20(13-16)31-3)32-14-23(24,25)26/h5-9,11,13,15H,4,10,12,14H2,1-3H3,(H,27,30). The van der Waals surface area contributed by atoms with Gasteiger partial charge in [-0.05, 0) is 50.1 Å². The van der Waals surface area contributed by atoms with Gasteiger partial charge in [0.25, 0.3) is 0 Å². The number of nitrogens with one attached hydrogen (secondary N) is 1. The third-order valence-electron chi connectivity index (χ3n) is 5.03. The van der Waals surface area contributed by atoms with Crippen molar-refractivity contribution >= 4 is 16.9 Å². The highest BCUT2D eigenvalue weighted by molar-refractivity contribution is 5.78. The number of ether oxygens (including phenoxy) is 2. The molecule has 1 atom stereocenters. The van der Waals surface area contributed by atoms with Crippen molar-refractivity contribution in [2.24, 2.45) is 0 Å². The Hall–Kier alpha value is -3.23. The van der Waals surface area contributed by atoms with Gasteiger partial charge in [-0.1, -0.05) is 18.2 Å². The van der Waals surface area contributed by atoms with E-state index in [-0.39, 0.29) is 29.9 Å². The van der Waals surface area contributed by atoms with Gasteiger partial charge in [-0.2, -0.15) is 13.2 Å². The number of carbonyl (C=O) groups excluding carboxylic acids is 1. The number of benzene rings is 2. The van der Waals surface area contributed by atoms with Crippen molar-refractivity contribution in [3.05, 3.63) is 53.9 Å². The minimum absolute atomic E-state index is 0.00474. The quantitative estimate of drug-likeness (QED) is 0.509. The molecule has 0 radical (unpaired) electrons. The van der Waals surface area contributed by atoms with Crippen LogP contribution in [0, 0.1) is 0 Å². The Morgan fingerprint density at radius 1 is 1.19 bits per heavy atom. The highest BCUT2D eigenvalue weighted by Crippen LogP contribution is 2.30. The van der Waals surface area contributed by atoms with Crippen LogP contribution in [0.15, 0.2) is 42.5 Å². The maximum Gasteiger partial charge on any atom is 0.422 e. The molecule has 1 unspecified atom stereocenters. The van der Waals surface area contributed by atoms with Crippen LogP contribution in [-0.2, 0) is 17.8 Å². The minimum atomic E-state index is -4.43. The molecule has 0 aliphatic heterocycles. The lowest BCUT2D eigenvalue weighted by Crippen LogP contribution is -2.28. The Kier molecular flexibility index (Phi) is 7.27. The van der Waals surface area contributed by atoms with Crippen LogP contribution in [-0.4, -0.2) is 35.4 Å². The van der Waals surface area contributed by atoms with Crippen molar-refractivity contribution in [2.45, 2.75) is 45.5 Å². The van der Waals surface area contributed by atoms with E-state index in [2.05, 4.69) is 14.9 Å². The minimum Gasteiger partial charge on any atom is -0.493 e. The number of fused-ring (bicyclic) bond motifs is 1. The molecule has 3 aromatic rings. The summed E-state index contributed by atoms with van der Waals surface area (Å²) in [4.78, 5) is 17.2. The zero-order valence-electron chi connectivity index (χ0n) is 18.2. The molecular weight excluding hydrogens is 423 g/mol. The van der Waals surface area contributed by atoms with Crippen molar-refractivity contribution in [1.82, 2.24) is 14.9 Å². The first-order valence-corrected chi connectivity index (χ1v) is 10.3. The van der Waals surface area contributed by atoms with E-state index in [1.165, 1.54) is 13.2 Å². The average Bonchev–Trinajstić information content (AvgIpc) is 3.14. The van der Waals surface area contributed by atoms with E-state index < -0.39 is 12.8 Å². The first-order valence-electron chi connectivity index (χ1n) is 10.3. The van der Waals surface area contributed by atoms with Crippen LogP contribution in [0.2, 0.25) is 0 Å². The lowest BCUT2D eigenvalue weighted by Gasteiger charge is -2.16. The maximum absolute atomic E-state index is 12.5. The van der Waals surface area contributed by atoms with E-state index in [0.717, 1.165) is 29.0 Å². The average molecular weight is 449 g/mol. The SMILES string of the molecule is CCn1c(C(C)NC(=O)CCc2ccc(OCC(F)(F)F)c(OC)c2)nc2ccccc21. The Labute approximate surface area is 184 Å². The summed E-state index contributed by atoms with van der Waals surface area (Å²) in [6.45, 7) is 3.26. The number of imidazole rings is 1. The van der Waals surface area contributed by atoms with Gasteiger partial charge in [0.05, 0.1) is 24.2 Å². The smallest absolute Gasteiger partial charge is 0.422 e. The van der Waals surface area contributed by atoms with E-state index in [4.69, 9.17) is 9.47 Å². The van der Waals surface area contributed by atoms with Crippen LogP contribution < -0.4 is 14.8 Å². The topological polar surface area (TPSA) is 65.4 Å². The third kappa shape index (κ3) is 5.72. The second kappa shape index (κ2) is 9.93. The van der Waals surface area contributed by atoms with Crippen molar-refractivity contribution < 1.29 is 27.4 Å². The number of hydrogen-bond acceptors (Lipinski definition) is 4. The predicted octanol–water partition coefficient (Wildman–Crippen LogP) is 4.82. The fourth-order valence-corrected chi connectivity index (χ4v) is 3.54. The molecule has 0 aliphatic carbocycles. The summed E-state index contributed by atoms with van der Waals surface area (Å²) in [6.07, 6.45) is -3.82. The molecule has 0 saturated carbocycles. The van der Waals surface area contributed by atoms with Crippen LogP contribution in [0.25, 0.3) is 11.0 Å². The van der Waals surface area contributed by atoms with Crippen molar-refractivity contribution in [3.8, 4) is 11.5 Å². The number of aromatic nitrogens is 2. The summed E-state index contributed by atoms with van der Waals surface area (Å²) < 4.78 is 49.1. The number of hydrogen-bond donors (Lipinski definition) is 1. The lowest BCUT2D eigenvalue weighted by molar-refractivity contribution is -0.153. The Balaban J connectivity index is 1.61. The number of aryl methyl sites for hydroxylation is 2. The normalized spacial score (nSPS) is 12.6. The fraction of sp³-hybridized carbons (Fsp3) is 0.391. The van der Waals surface area contributed by atoms with Crippen molar-refractivity contribution in [2.75, 3.05) is 13.7 Å². The van der Waals surface area contributed by atoms with Gasteiger partial charge in [0, 0.05) is 13.0 Å². The zero-order chi connectivity index (χ0) is 23.3. The molecule has 32 heavy (non-hydrogen) atoms. The Bertz CT molecular complexity index is 1080. The summed E-state index contributed by atoms with van der Waals surface area (Å²) in [6, 6.07) is 12.2. The monoisotopic (exact) mass is 449 g/mol. The number of para-hydroxylation sites is 2. The summed E-state index contributed by atoms with van der Waals surface area (Å²) >= 11 is 0. The second-order valence-electron chi connectivity index (χ2n) is 7.38. The van der Waals surface area contributed by atoms with Crippen LogP contribution in [0.1, 0.15) is 37.7 Å². The summed E-state index contributed by atoms with van der Waals surface area (Å²) in [5.41, 5.74) is 2.65. The molecule has 9 heteroatoms. The number of halogens is 3. The number of rotatable bonds is 9. The Morgan fingerprint density at radius 2 is 1.94 bits per heavy atom. The van der Waals surface area contributed by atoms with Crippen LogP contribution in [0.5, 0.6) is 11.5 Å². The lowest BCUT2D eigenvalue weighted by atomic mass is 10.1. The van der Waals surface area contributed by atoms with Gasteiger partial charge in [0.1, 0.15) is 5.82 Å². The molecule has 3 rings (SSSR count). The molecule has 1 N–H and O–H groups in total. The molecule has 0 aliphatic rings. The third-order valence-corrected chi connectivity index (χ3v) is 5.03. The highest BCUT2D eigenvalue weighted by atomic mass is 19.4. The number of alkyl halides is 3. The van der Waals surface area contributed by atoms with E-state index >= 15 is 0 Å². The molecular formula is C23H26F3N3O3. The van der Waals surface area contributed by atoms with E-state index in [9.17, 15) is 18.0 Å². The molecule has 1 aromatic heterocycles. The molecule has 172 valence electrons. The maximum atomic E-state index is 12.5. The number of nitrogens with zero attached hydrogens (tertiary/aromatic N) is 2. The predicted molar refractivity (Wildman–Crippen MR) is 115 cm³/mol. The van der Waals surface area contributed by atoms with Gasteiger partial charge in [0.15, 0.2) is 18.1 Å². The van der Waals surface area contributed by atoms with Crippen LogP contribution in [0.4, 0.5) is 13.2 Å². The molecule has 0 bridgehead atoms. The van der Waals surface area contributed by atoms with Gasteiger partial charge in [-0.15, -0.1) is 0 Å². The zero-order valence-corrected chi connectivity index (χ0v) is 18.2. The van der Waals surface area contributed by atoms with E-state index in [1.54, 1.807) is 12.1 Å². The summed E-state index contributed by atoms with van der Waals surface area (Å²) in [5, 5.41) is 2.98. The highest BCUT2D eigenvalue weighted by Gasteiger charge is 2.29.